The van der Waals surface area contributed by atoms with Gasteiger partial charge in [-0.1, -0.05) is 30.3 Å². The van der Waals surface area contributed by atoms with Crippen molar-refractivity contribution >= 4 is 47.4 Å². The smallest absolute Gasteiger partial charge is 0.408 e. The zero-order chi connectivity index (χ0) is 37.1. The molecular formula is C33H43N7O11. The summed E-state index contributed by atoms with van der Waals surface area (Å²) in [6.07, 6.45) is 0.433. The van der Waals surface area contributed by atoms with Crippen LogP contribution in [-0.4, -0.2) is 128 Å². The van der Waals surface area contributed by atoms with Crippen LogP contribution in [0.2, 0.25) is 0 Å². The highest BCUT2D eigenvalue weighted by Crippen LogP contribution is 2.27. The molecule has 0 radical (unpaired) electrons. The number of hydrogen-bond donors (Lipinski definition) is 6. The maximum Gasteiger partial charge on any atom is 0.408 e. The van der Waals surface area contributed by atoms with Crippen molar-refractivity contribution in [2.24, 2.45) is 0 Å². The Bertz CT molecular complexity index is 1510. The number of benzene rings is 1. The Kier molecular flexibility index (Phi) is 13.2. The lowest BCUT2D eigenvalue weighted by Gasteiger charge is -2.23. The number of carbonyl (C=O) groups excluding carboxylic acids is 8. The molecule has 6 N–H and O–H groups in total. The van der Waals surface area contributed by atoms with Crippen LogP contribution in [0.4, 0.5) is 4.79 Å². The summed E-state index contributed by atoms with van der Waals surface area (Å²) in [5, 5.41) is 15.3. The first kappa shape index (κ1) is 38.4. The van der Waals surface area contributed by atoms with E-state index in [4.69, 9.17) is 14.2 Å². The molecule has 0 bridgehead atoms. The molecule has 51 heavy (non-hydrogen) atoms. The lowest BCUT2D eigenvalue weighted by Crippen LogP contribution is -2.53. The summed E-state index contributed by atoms with van der Waals surface area (Å²) in [5.74, 6) is -4.20. The van der Waals surface area contributed by atoms with Gasteiger partial charge in [0.25, 0.3) is 11.8 Å². The van der Waals surface area contributed by atoms with E-state index in [1.807, 2.05) is 0 Å². The van der Waals surface area contributed by atoms with E-state index >= 15 is 0 Å². The minimum atomic E-state index is -1.10. The van der Waals surface area contributed by atoms with E-state index < -0.39 is 103 Å². The fourth-order valence-corrected chi connectivity index (χ4v) is 5.43. The molecule has 1 aromatic carbocycles. The predicted octanol–water partition coefficient (Wildman–Crippen LogP) is -2.45. The van der Waals surface area contributed by atoms with Crippen molar-refractivity contribution in [3.05, 3.63) is 48.0 Å². The van der Waals surface area contributed by atoms with Gasteiger partial charge < -0.3 is 46.1 Å². The Balaban J connectivity index is 1.20. The van der Waals surface area contributed by atoms with Gasteiger partial charge in [0.2, 0.25) is 29.5 Å². The normalized spacial score (nSPS) is 21.4. The SMILES string of the molecule is CC(C)(C)OC(=O)N[C@H]1CO[C@H]2[C@@H]1OC[C@@H]2NC(=O)CNC(=O)[C@H](Cc1ccccc1)NC(=O)CNC(=O)CNC(=O)CCN1C(=O)C=CC1=O. The molecule has 0 saturated carbocycles. The second-order valence-corrected chi connectivity index (χ2v) is 13.0. The molecule has 5 atom stereocenters. The Hall–Kier alpha value is -5.36. The van der Waals surface area contributed by atoms with Crippen molar-refractivity contribution in [3.63, 3.8) is 0 Å². The van der Waals surface area contributed by atoms with Crippen LogP contribution in [0.5, 0.6) is 0 Å². The van der Waals surface area contributed by atoms with E-state index in [9.17, 15) is 38.4 Å². The quantitative estimate of drug-likeness (QED) is 0.104. The molecule has 0 aliphatic carbocycles. The largest absolute Gasteiger partial charge is 0.444 e. The van der Waals surface area contributed by atoms with Crippen molar-refractivity contribution in [1.82, 2.24) is 36.8 Å². The van der Waals surface area contributed by atoms with Gasteiger partial charge in [0, 0.05) is 31.5 Å². The van der Waals surface area contributed by atoms with E-state index in [1.165, 1.54) is 0 Å². The molecule has 3 aliphatic rings. The standard InChI is InChI=1S/C33H43N7O11/c1-33(2,3)51-32(48)39-22-18-50-29-21(17-49-30(22)29)38-26(44)16-36-31(47)20(13-19-7-5-4-6-8-19)37-25(43)15-35-24(42)14-34-23(41)11-12-40-27(45)9-10-28(40)46/h4-10,20-22,29-30H,11-18H2,1-3H3,(H,34,41)(H,35,42)(H,36,47)(H,37,43)(H,38,44)(H,39,48)/t20-,21-,22-,29+,30+/m0/s1. The van der Waals surface area contributed by atoms with Gasteiger partial charge in [-0.3, -0.25) is 38.5 Å². The van der Waals surface area contributed by atoms with Gasteiger partial charge in [-0.15, -0.1) is 0 Å². The average Bonchev–Trinajstić information content (AvgIpc) is 3.75. The predicted molar refractivity (Wildman–Crippen MR) is 176 cm³/mol. The summed E-state index contributed by atoms with van der Waals surface area (Å²) < 4.78 is 16.9. The molecule has 0 spiro atoms. The van der Waals surface area contributed by atoms with Crippen LogP contribution in [-0.2, 0) is 54.2 Å². The fourth-order valence-electron chi connectivity index (χ4n) is 5.43. The molecule has 1 aromatic rings. The van der Waals surface area contributed by atoms with E-state index in [2.05, 4.69) is 31.9 Å². The topological polar surface area (TPSA) is 240 Å². The van der Waals surface area contributed by atoms with Gasteiger partial charge in [0.15, 0.2) is 0 Å². The van der Waals surface area contributed by atoms with Crippen LogP contribution in [0.15, 0.2) is 42.5 Å². The van der Waals surface area contributed by atoms with E-state index in [-0.39, 0.29) is 32.6 Å². The minimum Gasteiger partial charge on any atom is -0.444 e. The molecular weight excluding hydrogens is 670 g/mol. The molecule has 3 aliphatic heterocycles. The van der Waals surface area contributed by atoms with Crippen molar-refractivity contribution < 1.29 is 52.6 Å². The molecule has 2 saturated heterocycles. The highest BCUT2D eigenvalue weighted by atomic mass is 16.6. The van der Waals surface area contributed by atoms with Gasteiger partial charge in [0.05, 0.1) is 44.9 Å². The van der Waals surface area contributed by atoms with Crippen LogP contribution in [0, 0.1) is 0 Å². The zero-order valence-corrected chi connectivity index (χ0v) is 28.5. The number of nitrogens with zero attached hydrogens (tertiary/aromatic N) is 1. The highest BCUT2D eigenvalue weighted by molar-refractivity contribution is 6.13. The molecule has 18 nitrogen and oxygen atoms in total. The van der Waals surface area contributed by atoms with Crippen molar-refractivity contribution in [2.75, 3.05) is 39.4 Å². The molecule has 276 valence electrons. The third-order valence-electron chi connectivity index (χ3n) is 7.81. The number of fused-ring (bicyclic) bond motifs is 1. The highest BCUT2D eigenvalue weighted by Gasteiger charge is 2.49. The van der Waals surface area contributed by atoms with Crippen molar-refractivity contribution in [1.29, 1.82) is 0 Å². The van der Waals surface area contributed by atoms with E-state index in [1.54, 1.807) is 51.1 Å². The third kappa shape index (κ3) is 11.9. The van der Waals surface area contributed by atoms with E-state index in [0.717, 1.165) is 22.6 Å². The van der Waals surface area contributed by atoms with Crippen molar-refractivity contribution in [2.45, 2.75) is 69.5 Å². The monoisotopic (exact) mass is 713 g/mol. The maximum absolute atomic E-state index is 13.2. The first-order valence-electron chi connectivity index (χ1n) is 16.4. The summed E-state index contributed by atoms with van der Waals surface area (Å²) in [6, 6.07) is 6.74. The van der Waals surface area contributed by atoms with E-state index in [0.29, 0.717) is 0 Å². The van der Waals surface area contributed by atoms with Gasteiger partial charge >= 0.3 is 6.09 Å². The van der Waals surface area contributed by atoms with Crippen molar-refractivity contribution in [3.8, 4) is 0 Å². The Morgan fingerprint density at radius 2 is 1.35 bits per heavy atom. The minimum absolute atomic E-state index is 0.0850. The Morgan fingerprint density at radius 3 is 1.98 bits per heavy atom. The van der Waals surface area contributed by atoms with Crippen LogP contribution in [0.3, 0.4) is 0 Å². The Labute approximate surface area is 293 Å². The summed E-state index contributed by atoms with van der Waals surface area (Å²) in [4.78, 5) is 99.2. The Morgan fingerprint density at radius 1 is 0.784 bits per heavy atom. The number of rotatable bonds is 15. The van der Waals surface area contributed by atoms with Crippen LogP contribution >= 0.6 is 0 Å². The first-order chi connectivity index (χ1) is 24.2. The second kappa shape index (κ2) is 17.5. The van der Waals surface area contributed by atoms with Gasteiger partial charge in [-0.2, -0.15) is 0 Å². The lowest BCUT2D eigenvalue weighted by molar-refractivity contribution is -0.137. The number of amides is 8. The average molecular weight is 714 g/mol. The molecule has 3 heterocycles. The third-order valence-corrected chi connectivity index (χ3v) is 7.81. The molecule has 8 amide bonds. The van der Waals surface area contributed by atoms with Gasteiger partial charge in [-0.05, 0) is 26.3 Å². The van der Waals surface area contributed by atoms with Crippen LogP contribution < -0.4 is 31.9 Å². The number of imide groups is 1. The zero-order valence-electron chi connectivity index (χ0n) is 28.5. The fraction of sp³-hybridized carbons (Fsp3) is 0.515. The molecule has 4 rings (SSSR count). The number of hydrogen-bond acceptors (Lipinski definition) is 11. The maximum atomic E-state index is 13.2. The lowest BCUT2D eigenvalue weighted by atomic mass is 10.1. The summed E-state index contributed by atoms with van der Waals surface area (Å²) >= 11 is 0. The summed E-state index contributed by atoms with van der Waals surface area (Å²) in [5.41, 5.74) is 0.0477. The van der Waals surface area contributed by atoms with Crippen LogP contribution in [0.25, 0.3) is 0 Å². The first-order valence-corrected chi connectivity index (χ1v) is 16.4. The summed E-state index contributed by atoms with van der Waals surface area (Å²) in [7, 11) is 0. The van der Waals surface area contributed by atoms with Gasteiger partial charge in [0.1, 0.15) is 23.9 Å². The molecule has 0 unspecified atom stereocenters. The second-order valence-electron chi connectivity index (χ2n) is 13.0. The van der Waals surface area contributed by atoms with Crippen LogP contribution in [0.1, 0.15) is 32.8 Å². The van der Waals surface area contributed by atoms with Gasteiger partial charge in [-0.25, -0.2) is 4.79 Å². The number of ether oxygens (including phenoxy) is 3. The number of carbonyl (C=O) groups is 8. The number of alkyl carbamates (subject to hydrolysis) is 1. The summed E-state index contributed by atoms with van der Waals surface area (Å²) in [6.45, 7) is 3.99. The number of nitrogens with one attached hydrogen (secondary N) is 6. The molecule has 18 heteroatoms. The molecule has 2 fully saturated rings. The molecule has 0 aromatic heterocycles.